The molecule has 3 aliphatic carbocycles. The number of hydrogen-bond acceptors (Lipinski definition) is 8. The van der Waals surface area contributed by atoms with E-state index in [0.717, 1.165) is 114 Å². The average Bonchev–Trinajstić information content (AvgIpc) is 4.06. The van der Waals surface area contributed by atoms with Crippen LogP contribution in [0, 0.1) is 5.92 Å². The van der Waals surface area contributed by atoms with Gasteiger partial charge in [-0.1, -0.05) is 92.7 Å². The summed E-state index contributed by atoms with van der Waals surface area (Å²) in [5.41, 5.74) is 14.4. The molecule has 0 amide bonds. The summed E-state index contributed by atoms with van der Waals surface area (Å²) in [6, 6.07) is 47.4. The van der Waals surface area contributed by atoms with Crippen LogP contribution in [0.15, 0.2) is 183 Å². The zero-order valence-electron chi connectivity index (χ0n) is 38.0. The minimum absolute atomic E-state index is 0.0688. The number of benzene rings is 2. The Balaban J connectivity index is 1.02. The number of hydrogen-bond donors (Lipinski definition) is 0. The van der Waals surface area contributed by atoms with Crippen LogP contribution in [-0.2, 0) is 5.41 Å². The molecule has 2 unspecified atom stereocenters. The van der Waals surface area contributed by atoms with Crippen molar-refractivity contribution in [3.63, 3.8) is 0 Å². The van der Waals surface area contributed by atoms with E-state index in [-0.39, 0.29) is 17.3 Å². The fraction of sp³-hybridized carbons (Fsp3) is 0.119. The van der Waals surface area contributed by atoms with Crippen molar-refractivity contribution in [1.29, 1.82) is 0 Å². The Labute approximate surface area is 398 Å². The lowest BCUT2D eigenvalue weighted by Crippen LogP contribution is -2.38. The van der Waals surface area contributed by atoms with Gasteiger partial charge >= 0.3 is 0 Å². The first-order valence-electron chi connectivity index (χ1n) is 23.5. The van der Waals surface area contributed by atoms with Crippen molar-refractivity contribution in [2.45, 2.75) is 38.0 Å². The van der Waals surface area contributed by atoms with Gasteiger partial charge in [0.25, 0.3) is 0 Å². The Bertz CT molecular complexity index is 3690. The zero-order chi connectivity index (χ0) is 46.1. The Morgan fingerprint density at radius 3 is 1.58 bits per heavy atom. The molecule has 0 bridgehead atoms. The summed E-state index contributed by atoms with van der Waals surface area (Å²) in [6.45, 7) is 4.78. The maximum Gasteiger partial charge on any atom is 0.145 e. The third kappa shape index (κ3) is 6.94. The molecule has 13 rings (SSSR count). The molecule has 0 fully saturated rings. The highest BCUT2D eigenvalue weighted by Gasteiger charge is 2.46. The van der Waals surface area contributed by atoms with E-state index in [9.17, 15) is 0 Å². The Morgan fingerprint density at radius 2 is 1.06 bits per heavy atom. The van der Waals surface area contributed by atoms with Crippen LogP contribution in [0.2, 0.25) is 0 Å². The van der Waals surface area contributed by atoms with Gasteiger partial charge in [0.15, 0.2) is 0 Å². The summed E-state index contributed by atoms with van der Waals surface area (Å²) in [5.74, 6) is 1.93. The van der Waals surface area contributed by atoms with Gasteiger partial charge < -0.3 is 0 Å². The van der Waals surface area contributed by atoms with E-state index in [1.165, 1.54) is 11.1 Å². The molecule has 10 heteroatoms. The summed E-state index contributed by atoms with van der Waals surface area (Å²) in [5, 5.41) is 1.99. The minimum Gasteiger partial charge on any atom is -0.293 e. The summed E-state index contributed by atoms with van der Waals surface area (Å²) < 4.78 is 4.63. The number of aromatic nitrogens is 10. The Kier molecular flexibility index (Phi) is 9.53. The molecule has 3 aliphatic rings. The van der Waals surface area contributed by atoms with Gasteiger partial charge in [-0.2, -0.15) is 0 Å². The smallest absolute Gasteiger partial charge is 0.145 e. The van der Waals surface area contributed by atoms with Crippen molar-refractivity contribution < 1.29 is 0 Å². The van der Waals surface area contributed by atoms with Crippen molar-refractivity contribution in [3.05, 3.63) is 210 Å². The molecule has 0 saturated carbocycles. The number of allylic oxidation sites excluding steroid dienone is 4. The van der Waals surface area contributed by atoms with E-state index >= 15 is 0 Å². The van der Waals surface area contributed by atoms with Gasteiger partial charge in [0.2, 0.25) is 0 Å². The number of pyridine rings is 6. The van der Waals surface area contributed by atoms with Crippen LogP contribution in [0.1, 0.15) is 49.6 Å². The number of nitrogens with zero attached hydrogens (tertiary/aromatic N) is 10. The Morgan fingerprint density at radius 1 is 0.507 bits per heavy atom. The second-order valence-corrected chi connectivity index (χ2v) is 18.4. The van der Waals surface area contributed by atoms with Gasteiger partial charge in [-0.15, -0.1) is 0 Å². The third-order valence-corrected chi connectivity index (χ3v) is 13.8. The standard InChI is InChI=1S/C59H44N10/c1-59(2)43-35-55-53(66-57(37-17-5-3-6-18-37)68(55)39-29-49(45-21-9-13-25-60-45)64-50(30-39)46-22-10-14-26-61-46)33-41(43)42-34-54-56(36-44(42)59)69(58(67-54)38-19-7-4-8-20-38)40-31-51(47-23-11-15-27-62-47)65-52(32-40)48-24-12-16-28-63-48/h3,5-7,9-36,41,43H,4,8H2,1-2H3. The minimum atomic E-state index is -0.281. The second-order valence-electron chi connectivity index (χ2n) is 18.4. The fourth-order valence-electron chi connectivity index (χ4n) is 10.5. The van der Waals surface area contributed by atoms with Crippen LogP contribution in [0.25, 0.3) is 97.1 Å². The first-order valence-corrected chi connectivity index (χ1v) is 23.5. The lowest BCUT2D eigenvalue weighted by Gasteiger charge is -2.29. The van der Waals surface area contributed by atoms with Gasteiger partial charge in [0.1, 0.15) is 11.6 Å². The predicted molar refractivity (Wildman–Crippen MR) is 272 cm³/mol. The molecule has 8 heterocycles. The van der Waals surface area contributed by atoms with Crippen LogP contribution in [0.3, 0.4) is 0 Å². The summed E-state index contributed by atoms with van der Waals surface area (Å²) in [4.78, 5) is 40.2. The highest BCUT2D eigenvalue weighted by Crippen LogP contribution is 2.54. The molecular weight excluding hydrogens is 849 g/mol. The number of rotatable bonds is 8. The molecule has 2 aromatic carbocycles. The molecule has 69 heavy (non-hydrogen) atoms. The van der Waals surface area contributed by atoms with Crippen LogP contribution < -0.4 is 10.7 Å². The largest absolute Gasteiger partial charge is 0.293 e. The molecule has 8 aromatic heterocycles. The van der Waals surface area contributed by atoms with Crippen LogP contribution in [0.4, 0.5) is 0 Å². The molecule has 10 nitrogen and oxygen atoms in total. The first kappa shape index (κ1) is 40.5. The van der Waals surface area contributed by atoms with Crippen LogP contribution >= 0.6 is 0 Å². The zero-order valence-corrected chi connectivity index (χ0v) is 38.0. The molecular formula is C59H44N10. The normalized spacial score (nSPS) is 16.5. The van der Waals surface area contributed by atoms with Gasteiger partial charge in [0, 0.05) is 41.8 Å². The highest BCUT2D eigenvalue weighted by molar-refractivity contribution is 5.88. The summed E-state index contributed by atoms with van der Waals surface area (Å²) in [7, 11) is 0. The molecule has 0 N–H and O–H groups in total. The molecule has 330 valence electrons. The molecule has 0 spiro atoms. The average molecular weight is 893 g/mol. The lowest BCUT2D eigenvalue weighted by atomic mass is 9.74. The molecule has 0 saturated heterocycles. The second kappa shape index (κ2) is 16.2. The van der Waals surface area contributed by atoms with Crippen LogP contribution in [-0.4, -0.2) is 49.0 Å². The fourth-order valence-corrected chi connectivity index (χ4v) is 10.5. The molecule has 0 aliphatic heterocycles. The van der Waals surface area contributed by atoms with Gasteiger partial charge in [-0.25, -0.2) is 19.9 Å². The summed E-state index contributed by atoms with van der Waals surface area (Å²) in [6.07, 6.45) is 20.8. The van der Waals surface area contributed by atoms with Crippen molar-refractivity contribution in [1.82, 2.24) is 49.0 Å². The number of imidazole rings is 2. The van der Waals surface area contributed by atoms with Crippen LogP contribution in [0.5, 0.6) is 0 Å². The predicted octanol–water partition coefficient (Wildman–Crippen LogP) is 10.9. The monoisotopic (exact) mass is 892 g/mol. The topological polar surface area (TPSA) is 113 Å². The van der Waals surface area contributed by atoms with E-state index in [0.29, 0.717) is 0 Å². The van der Waals surface area contributed by atoms with Crippen molar-refractivity contribution in [3.8, 4) is 68.3 Å². The van der Waals surface area contributed by atoms with E-state index in [2.05, 4.69) is 114 Å². The van der Waals surface area contributed by atoms with Gasteiger partial charge in [0.05, 0.1) is 78.7 Å². The first-order chi connectivity index (χ1) is 33.9. The van der Waals surface area contributed by atoms with Crippen molar-refractivity contribution in [2.24, 2.45) is 5.92 Å². The van der Waals surface area contributed by atoms with E-state index < -0.39 is 0 Å². The van der Waals surface area contributed by atoms with Crippen molar-refractivity contribution in [2.75, 3.05) is 0 Å². The lowest BCUT2D eigenvalue weighted by molar-refractivity contribution is 0.421. The van der Waals surface area contributed by atoms with E-state index in [4.69, 9.17) is 39.9 Å². The Hall–Kier alpha value is -8.76. The molecule has 0 radical (unpaired) electrons. The molecule has 2 atom stereocenters. The maximum atomic E-state index is 5.52. The van der Waals surface area contributed by atoms with Gasteiger partial charge in [-0.05, 0) is 126 Å². The summed E-state index contributed by atoms with van der Waals surface area (Å²) >= 11 is 0. The molecule has 10 aromatic rings. The van der Waals surface area contributed by atoms with Crippen molar-refractivity contribution >= 4 is 28.8 Å². The highest BCUT2D eigenvalue weighted by atomic mass is 15.1. The van der Waals surface area contributed by atoms with E-state index in [1.54, 1.807) is 0 Å². The number of fused-ring (bicyclic) bond motifs is 5. The maximum absolute atomic E-state index is 5.52. The quantitative estimate of drug-likeness (QED) is 0.148. The SMILES string of the molecule is CC1(C)c2cc3c(cc2C2C=c4nc(-c5ccccc5)n(-c5cc(-c6ccccn6)nc(-c6ccccn6)c5)c4=CC21)nc(C1=CCCC=C1)n3-c1cc(-c2ccccn2)nc(-c2ccccn2)c1. The third-order valence-electron chi connectivity index (χ3n) is 13.8. The van der Waals surface area contributed by atoms with E-state index in [1.807, 2.05) is 104 Å². The van der Waals surface area contributed by atoms with Gasteiger partial charge in [-0.3, -0.25) is 29.1 Å².